The number of amides is 1. The van der Waals surface area contributed by atoms with Gasteiger partial charge < -0.3 is 19.3 Å². The Morgan fingerprint density at radius 3 is 2.47 bits per heavy atom. The van der Waals surface area contributed by atoms with Gasteiger partial charge >= 0.3 is 0 Å². The zero-order valence-electron chi connectivity index (χ0n) is 16.5. The van der Waals surface area contributed by atoms with Crippen molar-refractivity contribution in [3.05, 3.63) is 52.5 Å². The molecule has 0 bridgehead atoms. The number of fused-ring (bicyclic) bond motifs is 1. The topological polar surface area (TPSA) is 77.4 Å². The smallest absolute Gasteiger partial charge is 0.231 e. The van der Waals surface area contributed by atoms with Crippen molar-refractivity contribution in [2.45, 2.75) is 17.9 Å². The first-order valence-corrected chi connectivity index (χ1v) is 12.3. The molecule has 2 aromatic rings. The van der Waals surface area contributed by atoms with Crippen LogP contribution in [0, 0.1) is 0 Å². The summed E-state index contributed by atoms with van der Waals surface area (Å²) >= 11 is 3.30. The van der Waals surface area contributed by atoms with Gasteiger partial charge in [0.2, 0.25) is 12.7 Å². The van der Waals surface area contributed by atoms with Crippen molar-refractivity contribution in [2.24, 2.45) is 0 Å². The number of halogens is 1. The molecule has 0 aromatic heterocycles. The molecule has 9 heteroatoms. The third kappa shape index (κ3) is 4.96. The Hall–Kier alpha value is -2.10. The number of piperazine rings is 1. The van der Waals surface area contributed by atoms with E-state index in [1.165, 1.54) is 10.5 Å². The molecule has 0 radical (unpaired) electrons. The largest absolute Gasteiger partial charge is 0.454 e. The Morgan fingerprint density at radius 1 is 1.03 bits per heavy atom. The molecule has 4 rings (SSSR count). The molecule has 1 saturated heterocycles. The molecule has 2 aliphatic rings. The number of nitrogens with one attached hydrogen (secondary N) is 1. The number of hydrogen-bond acceptors (Lipinski definition) is 5. The van der Waals surface area contributed by atoms with Gasteiger partial charge in [0.15, 0.2) is 21.3 Å². The summed E-state index contributed by atoms with van der Waals surface area (Å²) in [6.07, 6.45) is 0.00981. The summed E-state index contributed by atoms with van der Waals surface area (Å²) in [5, 5.41) is 0. The van der Waals surface area contributed by atoms with Crippen LogP contribution in [0.5, 0.6) is 11.5 Å². The third-order valence-electron chi connectivity index (χ3n) is 5.47. The molecule has 0 spiro atoms. The molecule has 1 amide bonds. The van der Waals surface area contributed by atoms with Gasteiger partial charge in [-0.25, -0.2) is 8.42 Å². The van der Waals surface area contributed by atoms with E-state index in [9.17, 15) is 13.2 Å². The van der Waals surface area contributed by atoms with Gasteiger partial charge in [0.1, 0.15) is 6.54 Å². The monoisotopic (exact) mass is 495 g/mol. The second-order valence-electron chi connectivity index (χ2n) is 7.52. The van der Waals surface area contributed by atoms with Gasteiger partial charge in [0, 0.05) is 16.5 Å². The van der Waals surface area contributed by atoms with Crippen LogP contribution in [-0.4, -0.2) is 57.9 Å². The van der Waals surface area contributed by atoms with Gasteiger partial charge in [-0.05, 0) is 42.5 Å². The predicted octanol–water partition coefficient (Wildman–Crippen LogP) is 1.27. The van der Waals surface area contributed by atoms with Crippen molar-refractivity contribution in [1.82, 2.24) is 4.90 Å². The molecule has 1 N–H and O–H groups in total. The van der Waals surface area contributed by atoms with E-state index in [1.54, 1.807) is 29.2 Å². The summed E-state index contributed by atoms with van der Waals surface area (Å²) in [4.78, 5) is 16.0. The van der Waals surface area contributed by atoms with Gasteiger partial charge in [0.05, 0.1) is 36.8 Å². The fourth-order valence-electron chi connectivity index (χ4n) is 3.73. The average Bonchev–Trinajstić information content (AvgIpc) is 3.21. The number of ether oxygens (including phenoxy) is 2. The summed E-state index contributed by atoms with van der Waals surface area (Å²) in [5.41, 5.74) is 1.18. The van der Waals surface area contributed by atoms with E-state index in [-0.39, 0.29) is 29.8 Å². The number of benzene rings is 2. The van der Waals surface area contributed by atoms with E-state index in [0.29, 0.717) is 13.1 Å². The molecule has 160 valence electrons. The fraction of sp³-hybridized carbons (Fsp3) is 0.381. The van der Waals surface area contributed by atoms with Crippen LogP contribution in [0.2, 0.25) is 0 Å². The van der Waals surface area contributed by atoms with Crippen LogP contribution in [0.1, 0.15) is 12.0 Å². The van der Waals surface area contributed by atoms with Gasteiger partial charge in [-0.1, -0.05) is 15.9 Å². The zero-order chi connectivity index (χ0) is 21.1. The Kier molecular flexibility index (Phi) is 6.31. The Morgan fingerprint density at radius 2 is 1.73 bits per heavy atom. The van der Waals surface area contributed by atoms with Gasteiger partial charge in [-0.2, -0.15) is 0 Å². The maximum absolute atomic E-state index is 12.5. The maximum Gasteiger partial charge on any atom is 0.231 e. The summed E-state index contributed by atoms with van der Waals surface area (Å²) in [7, 11) is -3.46. The molecule has 2 aromatic carbocycles. The quantitative estimate of drug-likeness (QED) is 0.652. The van der Waals surface area contributed by atoms with Crippen molar-refractivity contribution in [3.8, 4) is 11.5 Å². The summed E-state index contributed by atoms with van der Waals surface area (Å²) in [6, 6.07) is 12.5. The second-order valence-corrected chi connectivity index (χ2v) is 10.5. The summed E-state index contributed by atoms with van der Waals surface area (Å²) in [5.74, 6) is 1.30. The Balaban J connectivity index is 1.25. The molecular formula is C21H24BrN2O5S+. The highest BCUT2D eigenvalue weighted by atomic mass is 79.9. The highest BCUT2D eigenvalue weighted by Crippen LogP contribution is 2.32. The standard InChI is InChI=1S/C21H23BrN2O5S/c22-17-2-4-18(5-3-17)30(26,27)12-7-21(25)24-10-8-23(9-11-24)14-16-1-6-19-20(13-16)29-15-28-19/h1-6,13H,7-12,14-15H2/p+1. The van der Waals surface area contributed by atoms with Crippen LogP contribution in [0.25, 0.3) is 0 Å². The van der Waals surface area contributed by atoms with Crippen LogP contribution >= 0.6 is 15.9 Å². The van der Waals surface area contributed by atoms with E-state index in [4.69, 9.17) is 9.47 Å². The normalized spacial score (nSPS) is 16.6. The number of sulfone groups is 1. The number of quaternary nitrogens is 1. The second kappa shape index (κ2) is 8.95. The average molecular weight is 496 g/mol. The lowest BCUT2D eigenvalue weighted by atomic mass is 10.1. The summed E-state index contributed by atoms with van der Waals surface area (Å²) in [6.45, 7) is 4.06. The molecule has 2 aliphatic heterocycles. The minimum absolute atomic E-state index is 0.00981. The van der Waals surface area contributed by atoms with E-state index in [0.717, 1.165) is 35.6 Å². The zero-order valence-corrected chi connectivity index (χ0v) is 18.9. The van der Waals surface area contributed by atoms with Crippen LogP contribution in [0.15, 0.2) is 51.8 Å². The van der Waals surface area contributed by atoms with E-state index < -0.39 is 9.84 Å². The minimum atomic E-state index is -3.46. The number of nitrogens with zero attached hydrogens (tertiary/aromatic N) is 1. The summed E-state index contributed by atoms with van der Waals surface area (Å²) < 4.78 is 36.5. The van der Waals surface area contributed by atoms with E-state index in [2.05, 4.69) is 15.9 Å². The number of carbonyl (C=O) groups excluding carboxylic acids is 1. The van der Waals surface area contributed by atoms with Crippen LogP contribution < -0.4 is 14.4 Å². The molecule has 0 atom stereocenters. The third-order valence-corrected chi connectivity index (χ3v) is 7.73. The molecule has 1 fully saturated rings. The van der Waals surface area contributed by atoms with Gasteiger partial charge in [-0.3, -0.25) is 4.79 Å². The lowest BCUT2D eigenvalue weighted by Crippen LogP contribution is -3.13. The molecular weight excluding hydrogens is 472 g/mol. The van der Waals surface area contributed by atoms with Crippen molar-refractivity contribution in [2.75, 3.05) is 38.7 Å². The first-order valence-electron chi connectivity index (χ1n) is 9.89. The lowest BCUT2D eigenvalue weighted by molar-refractivity contribution is -0.917. The van der Waals surface area contributed by atoms with E-state index in [1.807, 2.05) is 18.2 Å². The molecule has 2 heterocycles. The van der Waals surface area contributed by atoms with Crippen LogP contribution in [0.3, 0.4) is 0 Å². The van der Waals surface area contributed by atoms with Crippen molar-refractivity contribution >= 4 is 31.7 Å². The number of carbonyl (C=O) groups is 1. The molecule has 0 saturated carbocycles. The van der Waals surface area contributed by atoms with Crippen molar-refractivity contribution in [3.63, 3.8) is 0 Å². The maximum atomic E-state index is 12.5. The Bertz CT molecular complexity index is 1020. The van der Waals surface area contributed by atoms with Crippen molar-refractivity contribution < 1.29 is 27.6 Å². The lowest BCUT2D eigenvalue weighted by Gasteiger charge is -2.32. The minimum Gasteiger partial charge on any atom is -0.454 e. The van der Waals surface area contributed by atoms with Crippen LogP contribution in [-0.2, 0) is 21.2 Å². The van der Waals surface area contributed by atoms with Crippen LogP contribution in [0.4, 0.5) is 0 Å². The fourth-order valence-corrected chi connectivity index (χ4v) is 5.22. The highest BCUT2D eigenvalue weighted by Gasteiger charge is 2.26. The predicted molar refractivity (Wildman–Crippen MR) is 114 cm³/mol. The van der Waals surface area contributed by atoms with Crippen molar-refractivity contribution in [1.29, 1.82) is 0 Å². The van der Waals surface area contributed by atoms with E-state index >= 15 is 0 Å². The SMILES string of the molecule is O=C(CCS(=O)(=O)c1ccc(Br)cc1)N1CC[NH+](Cc2ccc3c(c2)OCO3)CC1. The Labute approximate surface area is 184 Å². The number of rotatable bonds is 6. The van der Waals surface area contributed by atoms with Gasteiger partial charge in [-0.15, -0.1) is 0 Å². The molecule has 0 aliphatic carbocycles. The number of hydrogen-bond donors (Lipinski definition) is 1. The first-order chi connectivity index (χ1) is 14.4. The molecule has 7 nitrogen and oxygen atoms in total. The highest BCUT2D eigenvalue weighted by molar-refractivity contribution is 9.10. The first kappa shape index (κ1) is 21.1. The molecule has 30 heavy (non-hydrogen) atoms. The van der Waals surface area contributed by atoms with Gasteiger partial charge in [0.25, 0.3) is 0 Å². The molecule has 0 unspecified atom stereocenters.